The van der Waals surface area contributed by atoms with E-state index in [1.54, 1.807) is 42.9 Å². The van der Waals surface area contributed by atoms with Crippen LogP contribution in [0.1, 0.15) is 42.7 Å². The molecule has 198 valence electrons. The number of benzene rings is 1. The number of carbonyl (C=O) groups is 4. The second-order valence-corrected chi connectivity index (χ2v) is 9.28. The van der Waals surface area contributed by atoms with Crippen molar-refractivity contribution in [2.45, 2.75) is 45.2 Å². The topological polar surface area (TPSA) is 143 Å². The first-order valence-electron chi connectivity index (χ1n) is 12.3. The van der Waals surface area contributed by atoms with Crippen molar-refractivity contribution in [1.29, 1.82) is 0 Å². The summed E-state index contributed by atoms with van der Waals surface area (Å²) in [6.07, 6.45) is 5.25. The van der Waals surface area contributed by atoms with Gasteiger partial charge in [0.1, 0.15) is 18.4 Å². The van der Waals surface area contributed by atoms with Gasteiger partial charge in [0.25, 0.3) is 5.91 Å². The number of nitrogens with one attached hydrogen (secondary N) is 3. The van der Waals surface area contributed by atoms with Crippen LogP contribution in [0.2, 0.25) is 0 Å². The van der Waals surface area contributed by atoms with Crippen LogP contribution in [-0.2, 0) is 20.8 Å². The predicted molar refractivity (Wildman–Crippen MR) is 136 cm³/mol. The molecule has 4 amide bonds. The van der Waals surface area contributed by atoms with Crippen LogP contribution in [0.15, 0.2) is 42.9 Å². The fraction of sp³-hybridized carbons (Fsp3) is 0.462. The highest BCUT2D eigenvalue weighted by atomic mass is 16.5. The van der Waals surface area contributed by atoms with Crippen LogP contribution < -0.4 is 20.7 Å². The van der Waals surface area contributed by atoms with Crippen LogP contribution in [0.5, 0.6) is 5.75 Å². The molecule has 1 aromatic carbocycles. The average molecular weight is 511 g/mol. The molecule has 2 atom stereocenters. The van der Waals surface area contributed by atoms with E-state index >= 15 is 0 Å². The second-order valence-electron chi connectivity index (χ2n) is 9.28. The van der Waals surface area contributed by atoms with Crippen molar-refractivity contribution in [2.24, 2.45) is 5.92 Å². The van der Waals surface area contributed by atoms with Crippen molar-refractivity contribution >= 4 is 23.6 Å². The fourth-order valence-electron chi connectivity index (χ4n) is 3.78. The molecule has 0 unspecified atom stereocenters. The molecule has 0 radical (unpaired) electrons. The summed E-state index contributed by atoms with van der Waals surface area (Å²) in [5, 5.41) is 8.47. The molecule has 1 aliphatic rings. The first kappa shape index (κ1) is 27.6. The largest absolute Gasteiger partial charge is 0.491 e. The van der Waals surface area contributed by atoms with Gasteiger partial charge in [0.15, 0.2) is 0 Å². The van der Waals surface area contributed by atoms with Gasteiger partial charge in [0, 0.05) is 45.0 Å². The quantitative estimate of drug-likeness (QED) is 0.538. The number of aromatic nitrogens is 2. The molecule has 3 rings (SSSR count). The van der Waals surface area contributed by atoms with Crippen LogP contribution in [0.25, 0.3) is 0 Å². The van der Waals surface area contributed by atoms with Gasteiger partial charge in [0.05, 0.1) is 23.8 Å². The number of hydrogen-bond acceptors (Lipinski definition) is 7. The molecular formula is C26H34N6O5. The van der Waals surface area contributed by atoms with E-state index in [1.165, 1.54) is 11.9 Å². The van der Waals surface area contributed by atoms with Gasteiger partial charge in [-0.05, 0) is 24.5 Å². The molecule has 0 aliphatic carbocycles. The third kappa shape index (κ3) is 8.26. The van der Waals surface area contributed by atoms with Gasteiger partial charge < -0.3 is 25.6 Å². The third-order valence-corrected chi connectivity index (χ3v) is 6.07. The van der Waals surface area contributed by atoms with E-state index in [0.717, 1.165) is 5.69 Å². The molecule has 3 N–H and O–H groups in total. The Labute approximate surface area is 216 Å². The van der Waals surface area contributed by atoms with Gasteiger partial charge >= 0.3 is 0 Å². The second kappa shape index (κ2) is 13.3. The summed E-state index contributed by atoms with van der Waals surface area (Å²) < 4.78 is 5.94. The maximum absolute atomic E-state index is 13.2. The van der Waals surface area contributed by atoms with Crippen molar-refractivity contribution in [3.05, 3.63) is 54.1 Å². The zero-order valence-corrected chi connectivity index (χ0v) is 21.4. The number of rotatable bonds is 5. The Balaban J connectivity index is 1.79. The zero-order valence-electron chi connectivity index (χ0n) is 21.4. The molecule has 1 aliphatic heterocycles. The minimum Gasteiger partial charge on any atom is -0.491 e. The smallest absolute Gasteiger partial charge is 0.255 e. The molecule has 1 aromatic heterocycles. The molecule has 0 fully saturated rings. The Bertz CT molecular complexity index is 1090. The lowest BCUT2D eigenvalue weighted by molar-refractivity contribution is -0.135. The van der Waals surface area contributed by atoms with E-state index in [9.17, 15) is 19.2 Å². The normalized spacial score (nSPS) is 19.6. The van der Waals surface area contributed by atoms with Crippen molar-refractivity contribution in [2.75, 3.05) is 26.7 Å². The highest BCUT2D eigenvalue weighted by Gasteiger charge is 2.26. The van der Waals surface area contributed by atoms with E-state index in [2.05, 4.69) is 25.9 Å². The lowest BCUT2D eigenvalue weighted by Crippen LogP contribution is -2.48. The van der Waals surface area contributed by atoms with Crippen LogP contribution in [-0.4, -0.2) is 77.3 Å². The molecule has 37 heavy (non-hydrogen) atoms. The molecule has 0 bridgehead atoms. The van der Waals surface area contributed by atoms with E-state index < -0.39 is 17.9 Å². The van der Waals surface area contributed by atoms with Crippen molar-refractivity contribution in [3.8, 4) is 5.75 Å². The number of nitrogens with zero attached hydrogens (tertiary/aromatic N) is 3. The van der Waals surface area contributed by atoms with Gasteiger partial charge in [-0.3, -0.25) is 29.1 Å². The highest BCUT2D eigenvalue weighted by Crippen LogP contribution is 2.20. The minimum atomic E-state index is -0.970. The van der Waals surface area contributed by atoms with Gasteiger partial charge in [-0.2, -0.15) is 0 Å². The maximum Gasteiger partial charge on any atom is 0.255 e. The molecule has 11 nitrogen and oxygen atoms in total. The van der Waals surface area contributed by atoms with E-state index in [4.69, 9.17) is 4.74 Å². The van der Waals surface area contributed by atoms with E-state index in [-0.39, 0.29) is 61.9 Å². The third-order valence-electron chi connectivity index (χ3n) is 6.07. The number of hydrogen-bond donors (Lipinski definition) is 3. The summed E-state index contributed by atoms with van der Waals surface area (Å²) in [6.45, 7) is 4.19. The van der Waals surface area contributed by atoms with E-state index in [0.29, 0.717) is 12.2 Å². The molecular weight excluding hydrogens is 476 g/mol. The summed E-state index contributed by atoms with van der Waals surface area (Å²) in [7, 11) is 1.53. The lowest BCUT2D eigenvalue weighted by Gasteiger charge is -2.24. The Morgan fingerprint density at radius 1 is 1.19 bits per heavy atom. The molecule has 11 heteroatoms. The van der Waals surface area contributed by atoms with Crippen LogP contribution in [0.4, 0.5) is 0 Å². The van der Waals surface area contributed by atoms with Crippen LogP contribution in [0, 0.1) is 5.92 Å². The first-order valence-corrected chi connectivity index (χ1v) is 12.3. The van der Waals surface area contributed by atoms with Gasteiger partial charge in [0.2, 0.25) is 17.7 Å². The maximum atomic E-state index is 13.2. The Morgan fingerprint density at radius 2 is 1.97 bits per heavy atom. The van der Waals surface area contributed by atoms with E-state index in [1.807, 2.05) is 13.8 Å². The molecule has 0 saturated carbocycles. The fourth-order valence-corrected chi connectivity index (χ4v) is 3.78. The number of para-hydroxylation sites is 1. The van der Waals surface area contributed by atoms with Gasteiger partial charge in [-0.15, -0.1) is 0 Å². The highest BCUT2D eigenvalue weighted by molar-refractivity contribution is 5.99. The summed E-state index contributed by atoms with van der Waals surface area (Å²) in [5.41, 5.74) is 0.974. The average Bonchev–Trinajstić information content (AvgIpc) is 2.88. The summed E-state index contributed by atoms with van der Waals surface area (Å²) >= 11 is 0. The molecule has 2 aromatic rings. The summed E-state index contributed by atoms with van der Waals surface area (Å²) in [6, 6.07) is 5.42. The van der Waals surface area contributed by atoms with Crippen molar-refractivity contribution in [1.82, 2.24) is 30.8 Å². The number of fused-ring (bicyclic) bond motifs is 1. The number of likely N-dealkylation sites (N-methyl/N-ethyl adjacent to an activating group) is 1. The Hall–Kier alpha value is -4.02. The summed E-state index contributed by atoms with van der Waals surface area (Å²) in [4.78, 5) is 61.0. The predicted octanol–water partition coefficient (Wildman–Crippen LogP) is 0.706. The number of carbonyl (C=O) groups excluding carboxylic acids is 4. The van der Waals surface area contributed by atoms with Crippen LogP contribution >= 0.6 is 0 Å². The SMILES string of the molecule is CC(C)[C@@H]1COc2ccccc2C(=O)N[C@H](C(=O)NCCc2cnccn2)CCC(=O)N(C)CC(=O)N1. The van der Waals surface area contributed by atoms with Gasteiger partial charge in [-0.1, -0.05) is 26.0 Å². The molecule has 2 heterocycles. The van der Waals surface area contributed by atoms with Crippen molar-refractivity contribution < 1.29 is 23.9 Å². The minimum absolute atomic E-state index is 0.0297. The number of amides is 4. The number of ether oxygens (including phenoxy) is 1. The molecule has 0 spiro atoms. The van der Waals surface area contributed by atoms with Gasteiger partial charge in [-0.25, -0.2) is 0 Å². The zero-order chi connectivity index (χ0) is 26.8. The standard InChI is InChI=1S/C26H34N6O5/c1-17(2)21-16-37-22-7-5-4-6-19(22)25(35)31-20(8-9-24(34)32(3)15-23(33)30-21)26(36)29-11-10-18-14-27-12-13-28-18/h4-7,12-14,17,20-21H,8-11,15-16H2,1-3H3,(H,29,36)(H,30,33)(H,31,35)/t20-,21-/m0/s1. The van der Waals surface area contributed by atoms with Crippen LogP contribution in [0.3, 0.4) is 0 Å². The Morgan fingerprint density at radius 3 is 2.70 bits per heavy atom. The lowest BCUT2D eigenvalue weighted by atomic mass is 10.1. The molecule has 0 saturated heterocycles. The Kier molecular flexibility index (Phi) is 9.93. The summed E-state index contributed by atoms with van der Waals surface area (Å²) in [5.74, 6) is -1.15. The van der Waals surface area contributed by atoms with Crippen molar-refractivity contribution in [3.63, 3.8) is 0 Å². The first-order chi connectivity index (χ1) is 17.7. The monoisotopic (exact) mass is 510 g/mol.